The van der Waals surface area contributed by atoms with Crippen molar-refractivity contribution in [1.82, 2.24) is 15.0 Å². The molecule has 2 aromatic rings. The van der Waals surface area contributed by atoms with E-state index < -0.39 is 11.2 Å². The van der Waals surface area contributed by atoms with Crippen molar-refractivity contribution >= 4 is 22.7 Å². The van der Waals surface area contributed by atoms with E-state index in [1.54, 1.807) is 0 Å². The van der Waals surface area contributed by atoms with E-state index >= 15 is 0 Å². The number of aromatic nitrogens is 3. The summed E-state index contributed by atoms with van der Waals surface area (Å²) in [6.45, 7) is 3.88. The van der Waals surface area contributed by atoms with Crippen molar-refractivity contribution in [2.24, 2.45) is 5.10 Å². The van der Waals surface area contributed by atoms with Crippen LogP contribution in [0.15, 0.2) is 20.8 Å². The summed E-state index contributed by atoms with van der Waals surface area (Å²) >= 11 is 1.48. The number of hydrazone groups is 1. The Bertz CT molecular complexity index is 649. The molecule has 0 unspecified atom stereocenters. The van der Waals surface area contributed by atoms with Crippen LogP contribution in [0.25, 0.3) is 0 Å². The van der Waals surface area contributed by atoms with Crippen LogP contribution in [0, 0.1) is 13.8 Å². The van der Waals surface area contributed by atoms with Gasteiger partial charge < -0.3 is 4.98 Å². The first kappa shape index (κ1) is 12.2. The van der Waals surface area contributed by atoms with Crippen LogP contribution in [0.4, 0.5) is 5.13 Å². The molecule has 18 heavy (non-hydrogen) atoms. The number of rotatable bonds is 3. The van der Waals surface area contributed by atoms with Crippen LogP contribution < -0.4 is 16.7 Å². The predicted molar refractivity (Wildman–Crippen MR) is 70.5 cm³/mol. The third-order valence-electron chi connectivity index (χ3n) is 2.17. The van der Waals surface area contributed by atoms with Crippen LogP contribution in [0.2, 0.25) is 0 Å². The maximum absolute atomic E-state index is 11.0. The first-order valence-corrected chi connectivity index (χ1v) is 5.93. The van der Waals surface area contributed by atoms with Gasteiger partial charge in [-0.2, -0.15) is 5.10 Å². The average molecular weight is 265 g/mol. The van der Waals surface area contributed by atoms with Crippen LogP contribution in [-0.4, -0.2) is 21.2 Å². The zero-order valence-electron chi connectivity index (χ0n) is 9.77. The monoisotopic (exact) mass is 265 g/mol. The molecule has 0 saturated heterocycles. The molecule has 2 rings (SSSR count). The molecule has 0 spiro atoms. The van der Waals surface area contributed by atoms with Crippen molar-refractivity contribution < 1.29 is 0 Å². The molecule has 2 heterocycles. The number of nitrogens with one attached hydrogen (secondary N) is 3. The zero-order valence-corrected chi connectivity index (χ0v) is 10.6. The molecular weight excluding hydrogens is 254 g/mol. The molecule has 94 valence electrons. The lowest BCUT2D eigenvalue weighted by Gasteiger charge is -1.93. The Balaban J connectivity index is 2.12. The van der Waals surface area contributed by atoms with E-state index in [0.717, 1.165) is 10.6 Å². The maximum Gasteiger partial charge on any atom is 0.326 e. The fraction of sp³-hybridized carbons (Fsp3) is 0.200. The van der Waals surface area contributed by atoms with Gasteiger partial charge in [0.25, 0.3) is 5.56 Å². The van der Waals surface area contributed by atoms with E-state index in [0.29, 0.717) is 10.8 Å². The van der Waals surface area contributed by atoms with Crippen molar-refractivity contribution in [1.29, 1.82) is 0 Å². The number of H-pyrrole nitrogens is 2. The van der Waals surface area contributed by atoms with Gasteiger partial charge in [-0.05, 0) is 13.8 Å². The molecular formula is C10H11N5O2S. The molecule has 0 aliphatic rings. The lowest BCUT2D eigenvalue weighted by molar-refractivity contribution is 1.03. The van der Waals surface area contributed by atoms with E-state index in [9.17, 15) is 9.59 Å². The second-order valence-corrected chi connectivity index (χ2v) is 4.78. The number of hydrogen-bond donors (Lipinski definition) is 3. The van der Waals surface area contributed by atoms with Crippen molar-refractivity contribution in [3.63, 3.8) is 0 Å². The summed E-state index contributed by atoms with van der Waals surface area (Å²) in [5.74, 6) is 0. The Morgan fingerprint density at radius 1 is 1.39 bits per heavy atom. The fourth-order valence-electron chi connectivity index (χ4n) is 1.23. The quantitative estimate of drug-likeness (QED) is 0.558. The Morgan fingerprint density at radius 2 is 2.17 bits per heavy atom. The van der Waals surface area contributed by atoms with E-state index in [4.69, 9.17) is 0 Å². The Morgan fingerprint density at radius 3 is 2.78 bits per heavy atom. The number of anilines is 1. The van der Waals surface area contributed by atoms with E-state index in [1.165, 1.54) is 23.6 Å². The summed E-state index contributed by atoms with van der Waals surface area (Å²) in [6.07, 6.45) is 1.35. The molecule has 0 fully saturated rings. The molecule has 0 amide bonds. The van der Waals surface area contributed by atoms with Gasteiger partial charge >= 0.3 is 5.69 Å². The molecule has 8 heteroatoms. The van der Waals surface area contributed by atoms with E-state index in [-0.39, 0.29) is 0 Å². The maximum atomic E-state index is 11.0. The van der Waals surface area contributed by atoms with Crippen molar-refractivity contribution in [3.05, 3.63) is 43.2 Å². The van der Waals surface area contributed by atoms with Gasteiger partial charge in [-0.3, -0.25) is 15.2 Å². The van der Waals surface area contributed by atoms with Gasteiger partial charge in [-0.15, -0.1) is 11.3 Å². The first-order chi connectivity index (χ1) is 8.54. The van der Waals surface area contributed by atoms with Crippen LogP contribution >= 0.6 is 11.3 Å². The highest BCUT2D eigenvalue weighted by molar-refractivity contribution is 7.15. The summed E-state index contributed by atoms with van der Waals surface area (Å²) in [5.41, 5.74) is 2.97. The minimum atomic E-state index is -0.565. The molecule has 0 aliphatic heterocycles. The lowest BCUT2D eigenvalue weighted by atomic mass is 10.4. The fourth-order valence-corrected chi connectivity index (χ4v) is 2.00. The van der Waals surface area contributed by atoms with Crippen LogP contribution in [-0.2, 0) is 0 Å². The second kappa shape index (κ2) is 4.96. The minimum absolute atomic E-state index is 0.321. The van der Waals surface area contributed by atoms with Crippen LogP contribution in [0.1, 0.15) is 16.3 Å². The molecule has 0 bridgehead atoms. The Kier molecular flexibility index (Phi) is 3.38. The number of nitrogens with zero attached hydrogens (tertiary/aromatic N) is 2. The Labute approximate surface area is 106 Å². The molecule has 0 aliphatic carbocycles. The molecule has 0 saturated carbocycles. The largest absolute Gasteiger partial charge is 0.326 e. The second-order valence-electron chi connectivity index (χ2n) is 3.57. The summed E-state index contributed by atoms with van der Waals surface area (Å²) in [5, 5.41) is 4.56. The summed E-state index contributed by atoms with van der Waals surface area (Å²) in [6, 6.07) is 1.24. The van der Waals surface area contributed by atoms with E-state index in [1.807, 2.05) is 13.8 Å². The average Bonchev–Trinajstić information content (AvgIpc) is 2.57. The van der Waals surface area contributed by atoms with Gasteiger partial charge in [0.15, 0.2) is 0 Å². The van der Waals surface area contributed by atoms with Gasteiger partial charge in [0.2, 0.25) is 5.13 Å². The summed E-state index contributed by atoms with van der Waals surface area (Å²) < 4.78 is 0. The van der Waals surface area contributed by atoms with Gasteiger partial charge in [-0.25, -0.2) is 9.78 Å². The molecule has 3 N–H and O–H groups in total. The number of aromatic amines is 2. The number of hydrogen-bond acceptors (Lipinski definition) is 6. The predicted octanol–water partition coefficient (Wildman–Crippen LogP) is 0.583. The van der Waals surface area contributed by atoms with Gasteiger partial charge in [0.1, 0.15) is 0 Å². The molecule has 2 aromatic heterocycles. The normalized spacial score (nSPS) is 11.0. The van der Waals surface area contributed by atoms with Gasteiger partial charge in [-0.1, -0.05) is 0 Å². The molecule has 7 nitrogen and oxygen atoms in total. The highest BCUT2D eigenvalue weighted by Gasteiger charge is 2.01. The number of thiazole rings is 1. The molecule has 0 radical (unpaired) electrons. The van der Waals surface area contributed by atoms with E-state index in [2.05, 4.69) is 25.5 Å². The highest BCUT2D eigenvalue weighted by Crippen LogP contribution is 2.20. The smallest absolute Gasteiger partial charge is 0.306 e. The first-order valence-electron chi connectivity index (χ1n) is 5.11. The highest BCUT2D eigenvalue weighted by atomic mass is 32.1. The summed E-state index contributed by atoms with van der Waals surface area (Å²) in [4.78, 5) is 31.9. The minimum Gasteiger partial charge on any atom is -0.306 e. The number of aryl methyl sites for hydroxylation is 2. The lowest BCUT2D eigenvalue weighted by Crippen LogP contribution is -2.22. The van der Waals surface area contributed by atoms with Gasteiger partial charge in [0, 0.05) is 10.9 Å². The van der Waals surface area contributed by atoms with Crippen LogP contribution in [0.3, 0.4) is 0 Å². The topological polar surface area (TPSA) is 103 Å². The molecule has 0 aromatic carbocycles. The molecule has 0 atom stereocenters. The third kappa shape index (κ3) is 2.92. The third-order valence-corrected chi connectivity index (χ3v) is 3.15. The van der Waals surface area contributed by atoms with Crippen molar-refractivity contribution in [3.8, 4) is 0 Å². The van der Waals surface area contributed by atoms with Crippen LogP contribution in [0.5, 0.6) is 0 Å². The standard InChI is InChI=1S/C10H11N5O2S/c1-5-6(2)18-10(12-5)15-11-4-7-3-8(16)14-9(17)13-7/h3-4H,1-2H3,(H,12,15)(H2,13,14,16,17)/b11-4+. The van der Waals surface area contributed by atoms with Crippen molar-refractivity contribution in [2.75, 3.05) is 5.43 Å². The SMILES string of the molecule is Cc1nc(N/N=C/c2cc(=O)[nH]c(=O)[nH]2)sc1C. The zero-order chi connectivity index (χ0) is 13.1. The van der Waals surface area contributed by atoms with Gasteiger partial charge in [0.05, 0.1) is 17.6 Å². The summed E-state index contributed by atoms with van der Waals surface area (Å²) in [7, 11) is 0. The Hall–Kier alpha value is -2.22. The van der Waals surface area contributed by atoms with Crippen molar-refractivity contribution in [2.45, 2.75) is 13.8 Å².